The lowest BCUT2D eigenvalue weighted by molar-refractivity contribution is 0.0952. The van der Waals surface area contributed by atoms with Gasteiger partial charge in [0.25, 0.3) is 11.5 Å². The second-order valence-corrected chi connectivity index (χ2v) is 5.57. The lowest BCUT2D eigenvalue weighted by atomic mass is 10.2. The van der Waals surface area contributed by atoms with Gasteiger partial charge in [0.15, 0.2) is 0 Å². The summed E-state index contributed by atoms with van der Waals surface area (Å²) in [4.78, 5) is 24.0. The summed E-state index contributed by atoms with van der Waals surface area (Å²) in [5.41, 5.74) is 1.32. The topological polar surface area (TPSA) is 68.9 Å². The molecule has 2 heterocycles. The minimum atomic E-state index is -0.404. The number of hydrogen-bond donors (Lipinski definition) is 1. The summed E-state index contributed by atoms with van der Waals surface area (Å²) in [6.45, 7) is 0.358. The molecule has 1 amide bonds. The van der Waals surface area contributed by atoms with E-state index in [2.05, 4.69) is 10.4 Å². The highest BCUT2D eigenvalue weighted by Gasteiger charge is 2.10. The van der Waals surface area contributed by atoms with E-state index in [0.29, 0.717) is 13.0 Å². The van der Waals surface area contributed by atoms with Crippen LogP contribution in [-0.2, 0) is 13.5 Å². The van der Waals surface area contributed by atoms with Crippen LogP contribution in [0.2, 0.25) is 0 Å². The third-order valence-electron chi connectivity index (χ3n) is 3.77. The Balaban J connectivity index is 1.59. The fraction of sp³-hybridized carbons (Fsp3) is 0.167. The molecule has 6 nitrogen and oxygen atoms in total. The van der Waals surface area contributed by atoms with E-state index in [9.17, 15) is 14.0 Å². The summed E-state index contributed by atoms with van der Waals surface area (Å²) in [6.07, 6.45) is 3.89. The average Bonchev–Trinajstić information content (AvgIpc) is 3.07. The first-order valence-corrected chi connectivity index (χ1v) is 7.79. The summed E-state index contributed by atoms with van der Waals surface area (Å²) in [7, 11) is 1.60. The molecule has 0 unspecified atom stereocenters. The number of nitrogens with zero attached hydrogens (tertiary/aromatic N) is 3. The third kappa shape index (κ3) is 3.82. The van der Waals surface area contributed by atoms with Crippen LogP contribution in [0, 0.1) is 5.82 Å². The zero-order valence-corrected chi connectivity index (χ0v) is 13.6. The Labute approximate surface area is 143 Å². The van der Waals surface area contributed by atoms with Gasteiger partial charge in [-0.2, -0.15) is 5.10 Å². The van der Waals surface area contributed by atoms with Gasteiger partial charge in [-0.25, -0.2) is 9.07 Å². The quantitative estimate of drug-likeness (QED) is 0.768. The highest BCUT2D eigenvalue weighted by molar-refractivity contribution is 5.93. The minimum absolute atomic E-state index is 0.113. The second-order valence-electron chi connectivity index (χ2n) is 5.57. The molecule has 0 aliphatic carbocycles. The Morgan fingerprint density at radius 3 is 2.68 bits per heavy atom. The predicted molar refractivity (Wildman–Crippen MR) is 91.2 cm³/mol. The average molecular weight is 340 g/mol. The molecule has 0 fully saturated rings. The number of aryl methyl sites for hydroxylation is 1. The third-order valence-corrected chi connectivity index (χ3v) is 3.77. The van der Waals surface area contributed by atoms with E-state index < -0.39 is 5.91 Å². The number of aromatic nitrogens is 3. The molecule has 7 heteroatoms. The first-order chi connectivity index (χ1) is 12.0. The molecule has 0 aliphatic heterocycles. The molecule has 0 spiro atoms. The van der Waals surface area contributed by atoms with Gasteiger partial charge in [0.2, 0.25) is 0 Å². The lowest BCUT2D eigenvalue weighted by Gasteiger charge is -2.05. The van der Waals surface area contributed by atoms with Crippen LogP contribution in [0.3, 0.4) is 0 Å². The summed E-state index contributed by atoms with van der Waals surface area (Å²) >= 11 is 0. The molecule has 0 bridgehead atoms. The normalized spacial score (nSPS) is 10.6. The molecule has 2 aromatic heterocycles. The smallest absolute Gasteiger partial charge is 0.263 e. The number of hydrogen-bond acceptors (Lipinski definition) is 3. The van der Waals surface area contributed by atoms with E-state index in [1.807, 2.05) is 6.07 Å². The Morgan fingerprint density at radius 1 is 1.16 bits per heavy atom. The van der Waals surface area contributed by atoms with Gasteiger partial charge in [0, 0.05) is 32.4 Å². The number of rotatable bonds is 5. The van der Waals surface area contributed by atoms with Crippen LogP contribution in [0.4, 0.5) is 4.39 Å². The number of carbonyl (C=O) groups is 1. The Bertz CT molecular complexity index is 944. The van der Waals surface area contributed by atoms with Gasteiger partial charge in [-0.3, -0.25) is 9.59 Å². The van der Waals surface area contributed by atoms with Gasteiger partial charge < -0.3 is 9.88 Å². The van der Waals surface area contributed by atoms with Gasteiger partial charge in [0.05, 0.1) is 11.4 Å². The first-order valence-electron chi connectivity index (χ1n) is 7.79. The zero-order valence-electron chi connectivity index (χ0n) is 13.6. The number of halogens is 1. The van der Waals surface area contributed by atoms with Crippen LogP contribution in [0.25, 0.3) is 5.69 Å². The molecule has 128 valence electrons. The summed E-state index contributed by atoms with van der Waals surface area (Å²) in [5.74, 6) is -0.704. The van der Waals surface area contributed by atoms with Crippen LogP contribution >= 0.6 is 0 Å². The number of nitrogens with one attached hydrogen (secondary N) is 1. The van der Waals surface area contributed by atoms with E-state index in [0.717, 1.165) is 11.4 Å². The SMILES string of the molecule is Cn1cccc(C(=O)NCCc2ccn(-c3ccc(F)cc3)n2)c1=O. The fourth-order valence-electron chi connectivity index (χ4n) is 2.40. The summed E-state index contributed by atoms with van der Waals surface area (Å²) in [6, 6.07) is 11.0. The first kappa shape index (κ1) is 16.6. The molecule has 0 saturated heterocycles. The van der Waals surface area contributed by atoms with Gasteiger partial charge >= 0.3 is 0 Å². The summed E-state index contributed by atoms with van der Waals surface area (Å²) in [5, 5.41) is 7.11. The van der Waals surface area contributed by atoms with E-state index in [-0.39, 0.29) is 16.9 Å². The van der Waals surface area contributed by atoms with E-state index in [1.165, 1.54) is 22.8 Å². The Morgan fingerprint density at radius 2 is 1.92 bits per heavy atom. The standard InChI is InChI=1S/C18H17FN4O2/c1-22-11-2-3-16(18(22)25)17(24)20-10-8-14-9-12-23(21-14)15-6-4-13(19)5-7-15/h2-7,9,11-12H,8,10H2,1H3,(H,20,24). The van der Waals surface area contributed by atoms with Gasteiger partial charge in [-0.05, 0) is 42.5 Å². The van der Waals surface area contributed by atoms with Crippen molar-refractivity contribution < 1.29 is 9.18 Å². The molecule has 0 radical (unpaired) electrons. The molecule has 0 atom stereocenters. The van der Waals surface area contributed by atoms with Crippen molar-refractivity contribution in [3.05, 3.63) is 82.3 Å². The molecule has 0 saturated carbocycles. The molecule has 1 N–H and O–H groups in total. The number of benzene rings is 1. The Hall–Kier alpha value is -3.22. The van der Waals surface area contributed by atoms with Crippen molar-refractivity contribution in [3.63, 3.8) is 0 Å². The summed E-state index contributed by atoms with van der Waals surface area (Å²) < 4.78 is 16.0. The number of amides is 1. The molecule has 3 aromatic rings. The largest absolute Gasteiger partial charge is 0.351 e. The monoisotopic (exact) mass is 340 g/mol. The van der Waals surface area contributed by atoms with Crippen LogP contribution in [0.15, 0.2) is 59.7 Å². The Kier molecular flexibility index (Phi) is 4.74. The van der Waals surface area contributed by atoms with Crippen molar-refractivity contribution in [1.29, 1.82) is 0 Å². The van der Waals surface area contributed by atoms with Crippen molar-refractivity contribution >= 4 is 5.91 Å². The maximum Gasteiger partial charge on any atom is 0.263 e. The minimum Gasteiger partial charge on any atom is -0.351 e. The molecule has 3 rings (SSSR count). The van der Waals surface area contributed by atoms with E-state index in [1.54, 1.807) is 42.3 Å². The zero-order chi connectivity index (χ0) is 17.8. The highest BCUT2D eigenvalue weighted by Crippen LogP contribution is 2.09. The second kappa shape index (κ2) is 7.12. The fourth-order valence-corrected chi connectivity index (χ4v) is 2.40. The van der Waals surface area contributed by atoms with Crippen molar-refractivity contribution in [3.8, 4) is 5.69 Å². The van der Waals surface area contributed by atoms with Gasteiger partial charge in [-0.1, -0.05) is 0 Å². The van der Waals surface area contributed by atoms with Crippen molar-refractivity contribution in [2.45, 2.75) is 6.42 Å². The maximum absolute atomic E-state index is 12.9. The van der Waals surface area contributed by atoms with E-state index >= 15 is 0 Å². The van der Waals surface area contributed by atoms with Crippen LogP contribution in [0.1, 0.15) is 16.1 Å². The molecule has 1 aromatic carbocycles. The van der Waals surface area contributed by atoms with Crippen molar-refractivity contribution in [1.82, 2.24) is 19.7 Å². The number of carbonyl (C=O) groups excluding carboxylic acids is 1. The predicted octanol–water partition coefficient (Wildman–Crippen LogP) is 1.68. The number of pyridine rings is 1. The van der Waals surface area contributed by atoms with Gasteiger partial charge in [-0.15, -0.1) is 0 Å². The van der Waals surface area contributed by atoms with Gasteiger partial charge in [0.1, 0.15) is 11.4 Å². The maximum atomic E-state index is 12.9. The highest BCUT2D eigenvalue weighted by atomic mass is 19.1. The van der Waals surface area contributed by atoms with Crippen molar-refractivity contribution in [2.75, 3.05) is 6.54 Å². The van der Waals surface area contributed by atoms with Crippen LogP contribution in [-0.4, -0.2) is 26.8 Å². The molecule has 25 heavy (non-hydrogen) atoms. The van der Waals surface area contributed by atoms with Crippen molar-refractivity contribution in [2.24, 2.45) is 7.05 Å². The van der Waals surface area contributed by atoms with E-state index in [4.69, 9.17) is 0 Å². The molecule has 0 aliphatic rings. The molecular formula is C18H17FN4O2. The lowest BCUT2D eigenvalue weighted by Crippen LogP contribution is -2.33. The van der Waals surface area contributed by atoms with Crippen LogP contribution in [0.5, 0.6) is 0 Å². The molecular weight excluding hydrogens is 323 g/mol. The van der Waals surface area contributed by atoms with Crippen LogP contribution < -0.4 is 10.9 Å².